The fourth-order valence-corrected chi connectivity index (χ4v) is 2.53. The van der Waals surface area contributed by atoms with Crippen molar-refractivity contribution in [2.24, 2.45) is 0 Å². The summed E-state index contributed by atoms with van der Waals surface area (Å²) in [6.07, 6.45) is -1.34. The third-order valence-electron chi connectivity index (χ3n) is 2.19. The molecule has 0 aliphatic rings. The molecule has 2 rings (SSSR count). The zero-order valence-corrected chi connectivity index (χ0v) is 11.3. The van der Waals surface area contributed by atoms with Gasteiger partial charge >= 0.3 is 11.9 Å². The molecule has 0 fully saturated rings. The Morgan fingerprint density at radius 3 is 2.68 bits per heavy atom. The standard InChI is InChI=1S/C10H8F3N3OS2/c1-18-8-14-5-16(9(17)15-8)4-6-2-3-7(19-6)10(11,12)13/h2-3,5H,4H2,1H3. The van der Waals surface area contributed by atoms with E-state index in [9.17, 15) is 18.0 Å². The Morgan fingerprint density at radius 1 is 1.42 bits per heavy atom. The first-order valence-corrected chi connectivity index (χ1v) is 7.07. The molecule has 4 nitrogen and oxygen atoms in total. The van der Waals surface area contributed by atoms with Gasteiger partial charge in [0.15, 0.2) is 5.16 Å². The number of halogens is 3. The second-order valence-corrected chi connectivity index (χ2v) is 5.46. The lowest BCUT2D eigenvalue weighted by atomic mass is 10.4. The molecule has 0 bridgehead atoms. The van der Waals surface area contributed by atoms with Crippen LogP contribution >= 0.6 is 23.1 Å². The molecule has 19 heavy (non-hydrogen) atoms. The van der Waals surface area contributed by atoms with Gasteiger partial charge in [-0.3, -0.25) is 4.57 Å². The van der Waals surface area contributed by atoms with E-state index < -0.39 is 16.7 Å². The molecule has 0 saturated heterocycles. The predicted octanol–water partition coefficient (Wildman–Crippen LogP) is 2.49. The fourth-order valence-electron chi connectivity index (χ4n) is 1.33. The number of rotatable bonds is 3. The molecule has 0 amide bonds. The van der Waals surface area contributed by atoms with Crippen LogP contribution in [0.25, 0.3) is 0 Å². The number of aromatic nitrogens is 3. The van der Waals surface area contributed by atoms with E-state index in [1.165, 1.54) is 28.7 Å². The molecule has 0 aliphatic heterocycles. The molecule has 2 heterocycles. The maximum Gasteiger partial charge on any atom is 0.425 e. The summed E-state index contributed by atoms with van der Waals surface area (Å²) in [4.78, 5) is 18.9. The molecular weight excluding hydrogens is 299 g/mol. The van der Waals surface area contributed by atoms with E-state index in [-0.39, 0.29) is 6.54 Å². The maximum absolute atomic E-state index is 12.4. The topological polar surface area (TPSA) is 47.8 Å². The maximum atomic E-state index is 12.4. The summed E-state index contributed by atoms with van der Waals surface area (Å²) in [7, 11) is 0. The van der Waals surface area contributed by atoms with E-state index >= 15 is 0 Å². The van der Waals surface area contributed by atoms with Crippen molar-refractivity contribution in [3.8, 4) is 0 Å². The van der Waals surface area contributed by atoms with Crippen molar-refractivity contribution in [3.63, 3.8) is 0 Å². The Labute approximate surface area is 114 Å². The Bertz CT molecular complexity index is 635. The van der Waals surface area contributed by atoms with Crippen molar-refractivity contribution in [2.45, 2.75) is 17.9 Å². The lowest BCUT2D eigenvalue weighted by molar-refractivity contribution is -0.134. The van der Waals surface area contributed by atoms with Crippen molar-refractivity contribution >= 4 is 23.1 Å². The molecule has 0 atom stereocenters. The number of alkyl halides is 3. The minimum atomic E-state index is -4.35. The molecule has 0 unspecified atom stereocenters. The highest BCUT2D eigenvalue weighted by atomic mass is 32.2. The molecule has 0 radical (unpaired) electrons. The molecular formula is C10H8F3N3OS2. The highest BCUT2D eigenvalue weighted by molar-refractivity contribution is 7.98. The van der Waals surface area contributed by atoms with Crippen LogP contribution in [-0.2, 0) is 12.7 Å². The monoisotopic (exact) mass is 307 g/mol. The molecule has 2 aromatic rings. The Morgan fingerprint density at radius 2 is 2.16 bits per heavy atom. The molecule has 9 heteroatoms. The quantitative estimate of drug-likeness (QED) is 0.818. The van der Waals surface area contributed by atoms with Crippen LogP contribution in [0.5, 0.6) is 0 Å². The van der Waals surface area contributed by atoms with Gasteiger partial charge in [0.2, 0.25) is 0 Å². The van der Waals surface area contributed by atoms with Gasteiger partial charge in [0.1, 0.15) is 11.2 Å². The first-order valence-electron chi connectivity index (χ1n) is 5.03. The van der Waals surface area contributed by atoms with Gasteiger partial charge in [-0.25, -0.2) is 9.78 Å². The van der Waals surface area contributed by atoms with Crippen LogP contribution < -0.4 is 5.69 Å². The number of thioether (sulfide) groups is 1. The second kappa shape index (κ2) is 5.33. The van der Waals surface area contributed by atoms with Gasteiger partial charge in [-0.05, 0) is 18.4 Å². The highest BCUT2D eigenvalue weighted by Crippen LogP contribution is 2.34. The smallest absolute Gasteiger partial charge is 0.277 e. The largest absolute Gasteiger partial charge is 0.425 e. The summed E-state index contributed by atoms with van der Waals surface area (Å²) < 4.78 is 38.5. The van der Waals surface area contributed by atoms with Crippen LogP contribution in [-0.4, -0.2) is 20.8 Å². The zero-order valence-electron chi connectivity index (χ0n) is 9.64. The Balaban J connectivity index is 2.22. The molecule has 102 valence electrons. The summed E-state index contributed by atoms with van der Waals surface area (Å²) in [5, 5.41) is 0.336. The number of nitrogens with zero attached hydrogens (tertiary/aromatic N) is 3. The van der Waals surface area contributed by atoms with Crippen molar-refractivity contribution < 1.29 is 13.2 Å². The molecule has 0 aliphatic carbocycles. The van der Waals surface area contributed by atoms with Crippen LogP contribution in [0.2, 0.25) is 0 Å². The third-order valence-corrected chi connectivity index (χ3v) is 3.87. The van der Waals surface area contributed by atoms with Crippen LogP contribution in [0, 0.1) is 0 Å². The Hall–Kier alpha value is -1.35. The van der Waals surface area contributed by atoms with Crippen LogP contribution in [0.1, 0.15) is 9.75 Å². The normalized spacial score (nSPS) is 11.8. The summed E-state index contributed by atoms with van der Waals surface area (Å²) in [5.74, 6) is 0. The van der Waals surface area contributed by atoms with E-state index in [0.717, 1.165) is 6.07 Å². The SMILES string of the molecule is CSc1ncn(Cc2ccc(C(F)(F)F)s2)c(=O)n1. The van der Waals surface area contributed by atoms with Crippen molar-refractivity contribution in [1.82, 2.24) is 14.5 Å². The number of hydrogen-bond acceptors (Lipinski definition) is 5. The molecule has 0 saturated carbocycles. The van der Waals surface area contributed by atoms with Gasteiger partial charge in [-0.1, -0.05) is 11.8 Å². The third kappa shape index (κ3) is 3.35. The van der Waals surface area contributed by atoms with Gasteiger partial charge in [-0.15, -0.1) is 11.3 Å². The summed E-state index contributed by atoms with van der Waals surface area (Å²) >= 11 is 1.83. The van der Waals surface area contributed by atoms with Gasteiger partial charge in [0, 0.05) is 4.88 Å². The van der Waals surface area contributed by atoms with Crippen LogP contribution in [0.15, 0.2) is 28.4 Å². The average molecular weight is 307 g/mol. The van der Waals surface area contributed by atoms with Crippen LogP contribution in [0.4, 0.5) is 13.2 Å². The predicted molar refractivity (Wildman–Crippen MR) is 66.5 cm³/mol. The van der Waals surface area contributed by atoms with Gasteiger partial charge in [0.25, 0.3) is 0 Å². The average Bonchev–Trinajstić information content (AvgIpc) is 2.80. The molecule has 0 spiro atoms. The first kappa shape index (κ1) is 14.1. The van der Waals surface area contributed by atoms with E-state index in [0.29, 0.717) is 21.4 Å². The molecule has 0 aromatic carbocycles. The van der Waals surface area contributed by atoms with E-state index in [2.05, 4.69) is 9.97 Å². The first-order chi connectivity index (χ1) is 8.90. The van der Waals surface area contributed by atoms with Crippen molar-refractivity contribution in [3.05, 3.63) is 38.7 Å². The Kier molecular flexibility index (Phi) is 3.95. The molecule has 2 aromatic heterocycles. The number of thiophene rings is 1. The lowest BCUT2D eigenvalue weighted by Crippen LogP contribution is -2.23. The van der Waals surface area contributed by atoms with E-state index in [1.807, 2.05) is 0 Å². The summed E-state index contributed by atoms with van der Waals surface area (Å²) in [5.41, 5.74) is -0.527. The zero-order chi connectivity index (χ0) is 14.0. The number of hydrogen-bond donors (Lipinski definition) is 0. The fraction of sp³-hybridized carbons (Fsp3) is 0.300. The second-order valence-electron chi connectivity index (χ2n) is 3.52. The van der Waals surface area contributed by atoms with E-state index in [4.69, 9.17) is 0 Å². The van der Waals surface area contributed by atoms with Crippen LogP contribution in [0.3, 0.4) is 0 Å². The minimum Gasteiger partial charge on any atom is -0.277 e. The van der Waals surface area contributed by atoms with Gasteiger partial charge < -0.3 is 0 Å². The summed E-state index contributed by atoms with van der Waals surface area (Å²) in [6.45, 7) is 0.0360. The van der Waals surface area contributed by atoms with Crippen molar-refractivity contribution in [1.29, 1.82) is 0 Å². The van der Waals surface area contributed by atoms with Gasteiger partial charge in [-0.2, -0.15) is 18.2 Å². The van der Waals surface area contributed by atoms with E-state index in [1.54, 1.807) is 6.26 Å². The van der Waals surface area contributed by atoms with Crippen molar-refractivity contribution in [2.75, 3.05) is 6.26 Å². The minimum absolute atomic E-state index is 0.0360. The van der Waals surface area contributed by atoms with Gasteiger partial charge in [0.05, 0.1) is 6.54 Å². The highest BCUT2D eigenvalue weighted by Gasteiger charge is 2.32. The molecule has 0 N–H and O–H groups in total. The summed E-state index contributed by atoms with van der Waals surface area (Å²) in [6, 6.07) is 2.35. The lowest BCUT2D eigenvalue weighted by Gasteiger charge is -2.03.